The molecule has 2 amide bonds. The Morgan fingerprint density at radius 2 is 2.12 bits per heavy atom. The summed E-state index contributed by atoms with van der Waals surface area (Å²) in [5.74, 6) is 0.152. The zero-order valence-corrected chi connectivity index (χ0v) is 9.66. The second-order valence-electron chi connectivity index (χ2n) is 4.15. The zero-order valence-electron chi connectivity index (χ0n) is 9.66. The first kappa shape index (κ1) is 11.6. The Labute approximate surface area is 98.7 Å². The van der Waals surface area contributed by atoms with Gasteiger partial charge in [0.05, 0.1) is 5.69 Å². The van der Waals surface area contributed by atoms with Crippen LogP contribution in [0.2, 0.25) is 0 Å². The van der Waals surface area contributed by atoms with Crippen molar-refractivity contribution in [2.24, 2.45) is 5.92 Å². The maximum Gasteiger partial charge on any atom is 0.289 e. The molecule has 0 bridgehead atoms. The van der Waals surface area contributed by atoms with Crippen LogP contribution in [0.1, 0.15) is 29.1 Å². The highest BCUT2D eigenvalue weighted by Gasteiger charge is 2.28. The summed E-state index contributed by atoms with van der Waals surface area (Å²) >= 11 is 0. The molecule has 0 atom stereocenters. The second kappa shape index (κ2) is 4.99. The summed E-state index contributed by atoms with van der Waals surface area (Å²) in [6.45, 7) is 2.57. The molecule has 1 aromatic heterocycles. The molecule has 1 saturated carbocycles. The quantitative estimate of drug-likeness (QED) is 0.718. The molecule has 92 valence electrons. The van der Waals surface area contributed by atoms with Crippen LogP contribution in [0.15, 0.2) is 10.6 Å². The molecule has 0 aliphatic heterocycles. The predicted molar refractivity (Wildman–Crippen MR) is 59.3 cm³/mol. The predicted octanol–water partition coefficient (Wildman–Crippen LogP) is 0.239. The molecule has 6 heteroatoms. The lowest BCUT2D eigenvalue weighted by Gasteiger charge is -2.04. The minimum atomic E-state index is -0.314. The lowest BCUT2D eigenvalue weighted by atomic mass is 10.3. The third-order valence-electron chi connectivity index (χ3n) is 2.51. The SMILES string of the molecule is Cc1cc(C(=O)NCCNC(=O)C2CC2)on1. The molecule has 6 nitrogen and oxygen atoms in total. The Hall–Kier alpha value is -1.85. The van der Waals surface area contributed by atoms with Gasteiger partial charge in [-0.15, -0.1) is 0 Å². The van der Waals surface area contributed by atoms with Gasteiger partial charge in [0.25, 0.3) is 5.91 Å². The second-order valence-corrected chi connectivity index (χ2v) is 4.15. The number of amides is 2. The van der Waals surface area contributed by atoms with Crippen molar-refractivity contribution in [3.05, 3.63) is 17.5 Å². The van der Waals surface area contributed by atoms with Crippen molar-refractivity contribution in [3.8, 4) is 0 Å². The van der Waals surface area contributed by atoms with Crippen molar-refractivity contribution in [1.82, 2.24) is 15.8 Å². The van der Waals surface area contributed by atoms with Crippen LogP contribution in [0.4, 0.5) is 0 Å². The molecule has 1 aromatic rings. The number of aryl methyl sites for hydroxylation is 1. The van der Waals surface area contributed by atoms with Gasteiger partial charge in [0.15, 0.2) is 0 Å². The molecule has 0 spiro atoms. The van der Waals surface area contributed by atoms with Gasteiger partial charge >= 0.3 is 0 Å². The van der Waals surface area contributed by atoms with Crippen LogP contribution in [-0.4, -0.2) is 30.1 Å². The smallest absolute Gasteiger partial charge is 0.289 e. The largest absolute Gasteiger partial charge is 0.354 e. The fourth-order valence-corrected chi connectivity index (χ4v) is 1.41. The normalized spacial score (nSPS) is 14.4. The van der Waals surface area contributed by atoms with E-state index < -0.39 is 0 Å². The molecule has 0 aromatic carbocycles. The van der Waals surface area contributed by atoms with E-state index >= 15 is 0 Å². The molecule has 0 radical (unpaired) electrons. The van der Waals surface area contributed by atoms with Crippen LogP contribution in [-0.2, 0) is 4.79 Å². The Balaban J connectivity index is 1.64. The van der Waals surface area contributed by atoms with Crippen molar-refractivity contribution in [3.63, 3.8) is 0 Å². The standard InChI is InChI=1S/C11H15N3O3/c1-7-6-9(17-14-7)11(16)13-5-4-12-10(15)8-2-3-8/h6,8H,2-5H2,1H3,(H,12,15)(H,13,16). The lowest BCUT2D eigenvalue weighted by molar-refractivity contribution is -0.122. The average Bonchev–Trinajstić information content (AvgIpc) is 3.07. The van der Waals surface area contributed by atoms with Gasteiger partial charge in [-0.05, 0) is 19.8 Å². The summed E-state index contributed by atoms with van der Waals surface area (Å²) in [4.78, 5) is 22.8. The number of hydrogen-bond acceptors (Lipinski definition) is 4. The highest BCUT2D eigenvalue weighted by Crippen LogP contribution is 2.28. The van der Waals surface area contributed by atoms with E-state index in [0.717, 1.165) is 12.8 Å². The number of nitrogens with zero attached hydrogens (tertiary/aromatic N) is 1. The van der Waals surface area contributed by atoms with Gasteiger partial charge in [-0.2, -0.15) is 0 Å². The van der Waals surface area contributed by atoms with E-state index in [1.165, 1.54) is 0 Å². The van der Waals surface area contributed by atoms with Gasteiger partial charge in [-0.1, -0.05) is 5.16 Å². The maximum absolute atomic E-state index is 11.5. The number of carbonyl (C=O) groups is 2. The van der Waals surface area contributed by atoms with Gasteiger partial charge in [0.2, 0.25) is 11.7 Å². The monoisotopic (exact) mass is 237 g/mol. The Bertz CT molecular complexity index is 423. The first-order chi connectivity index (χ1) is 8.16. The number of hydrogen-bond donors (Lipinski definition) is 2. The molecule has 0 saturated heterocycles. The molecule has 1 heterocycles. The van der Waals surface area contributed by atoms with E-state index in [4.69, 9.17) is 4.52 Å². The van der Waals surface area contributed by atoms with Crippen molar-refractivity contribution < 1.29 is 14.1 Å². The van der Waals surface area contributed by atoms with Gasteiger partial charge in [0, 0.05) is 25.1 Å². The summed E-state index contributed by atoms with van der Waals surface area (Å²) in [5, 5.41) is 9.02. The number of nitrogens with one attached hydrogen (secondary N) is 2. The third-order valence-corrected chi connectivity index (χ3v) is 2.51. The highest BCUT2D eigenvalue weighted by atomic mass is 16.5. The first-order valence-electron chi connectivity index (χ1n) is 5.66. The molecule has 2 rings (SSSR count). The maximum atomic E-state index is 11.5. The van der Waals surface area contributed by atoms with E-state index in [-0.39, 0.29) is 23.5 Å². The van der Waals surface area contributed by atoms with E-state index in [1.807, 2.05) is 0 Å². The minimum Gasteiger partial charge on any atom is -0.354 e. The summed E-state index contributed by atoms with van der Waals surface area (Å²) in [6, 6.07) is 1.57. The first-order valence-corrected chi connectivity index (χ1v) is 5.66. The molecular weight excluding hydrogens is 222 g/mol. The molecule has 17 heavy (non-hydrogen) atoms. The molecular formula is C11H15N3O3. The number of carbonyl (C=O) groups excluding carboxylic acids is 2. The Kier molecular flexibility index (Phi) is 3.41. The lowest BCUT2D eigenvalue weighted by Crippen LogP contribution is -2.35. The van der Waals surface area contributed by atoms with Crippen LogP contribution < -0.4 is 10.6 Å². The van der Waals surface area contributed by atoms with Crippen molar-refractivity contribution >= 4 is 11.8 Å². The Morgan fingerprint density at radius 1 is 1.41 bits per heavy atom. The van der Waals surface area contributed by atoms with Crippen LogP contribution in [0.5, 0.6) is 0 Å². The zero-order chi connectivity index (χ0) is 12.3. The van der Waals surface area contributed by atoms with Gasteiger partial charge in [-0.3, -0.25) is 9.59 Å². The highest BCUT2D eigenvalue weighted by molar-refractivity contribution is 5.91. The summed E-state index contributed by atoms with van der Waals surface area (Å²) in [6.07, 6.45) is 1.96. The molecule has 0 unspecified atom stereocenters. The van der Waals surface area contributed by atoms with Crippen molar-refractivity contribution in [2.45, 2.75) is 19.8 Å². The third kappa shape index (κ3) is 3.30. The number of rotatable bonds is 5. The molecule has 1 fully saturated rings. The van der Waals surface area contributed by atoms with Crippen LogP contribution in [0.3, 0.4) is 0 Å². The number of aromatic nitrogens is 1. The van der Waals surface area contributed by atoms with Crippen LogP contribution in [0.25, 0.3) is 0 Å². The topological polar surface area (TPSA) is 84.2 Å². The van der Waals surface area contributed by atoms with E-state index in [1.54, 1.807) is 13.0 Å². The van der Waals surface area contributed by atoms with Crippen LogP contribution >= 0.6 is 0 Å². The average molecular weight is 237 g/mol. The Morgan fingerprint density at radius 3 is 2.71 bits per heavy atom. The van der Waals surface area contributed by atoms with Crippen molar-refractivity contribution in [2.75, 3.05) is 13.1 Å². The van der Waals surface area contributed by atoms with Crippen molar-refractivity contribution in [1.29, 1.82) is 0 Å². The molecule has 1 aliphatic rings. The van der Waals surface area contributed by atoms with Crippen LogP contribution in [0, 0.1) is 12.8 Å². The van der Waals surface area contributed by atoms with E-state index in [0.29, 0.717) is 18.8 Å². The van der Waals surface area contributed by atoms with E-state index in [2.05, 4.69) is 15.8 Å². The summed E-state index contributed by atoms with van der Waals surface area (Å²) in [5.41, 5.74) is 0.664. The molecule has 1 aliphatic carbocycles. The fourth-order valence-electron chi connectivity index (χ4n) is 1.41. The summed E-state index contributed by atoms with van der Waals surface area (Å²) < 4.78 is 4.80. The van der Waals surface area contributed by atoms with Gasteiger partial charge in [0.1, 0.15) is 0 Å². The summed E-state index contributed by atoms with van der Waals surface area (Å²) in [7, 11) is 0. The van der Waals surface area contributed by atoms with E-state index in [9.17, 15) is 9.59 Å². The fraction of sp³-hybridized carbons (Fsp3) is 0.545. The molecule has 2 N–H and O–H groups in total. The van der Waals surface area contributed by atoms with Gasteiger partial charge in [-0.25, -0.2) is 0 Å². The van der Waals surface area contributed by atoms with Gasteiger partial charge < -0.3 is 15.2 Å². The minimum absolute atomic E-state index is 0.0785.